The molecule has 1 aliphatic rings. The number of halogens is 5. The summed E-state index contributed by atoms with van der Waals surface area (Å²) in [4.78, 5) is 54.2. The van der Waals surface area contributed by atoms with Crippen LogP contribution in [0.25, 0.3) is 0 Å². The van der Waals surface area contributed by atoms with Crippen molar-refractivity contribution < 1.29 is 45.1 Å². The van der Waals surface area contributed by atoms with Gasteiger partial charge >= 0.3 is 17.1 Å². The number of nitrogens with zero attached hydrogens (tertiary/aromatic N) is 12. The van der Waals surface area contributed by atoms with Gasteiger partial charge in [0, 0.05) is 13.1 Å². The van der Waals surface area contributed by atoms with Gasteiger partial charge in [-0.2, -0.15) is 15.5 Å². The van der Waals surface area contributed by atoms with Gasteiger partial charge in [0.2, 0.25) is 51.5 Å². The third-order valence-electron chi connectivity index (χ3n) is 8.77. The van der Waals surface area contributed by atoms with Crippen LogP contribution in [0.2, 0.25) is 15.5 Å². The minimum atomic E-state index is -4.66. The molecule has 0 bridgehead atoms. The summed E-state index contributed by atoms with van der Waals surface area (Å²) in [6.07, 6.45) is 4.63. The lowest BCUT2D eigenvalue weighted by Crippen LogP contribution is -2.42. The van der Waals surface area contributed by atoms with Crippen LogP contribution in [0.3, 0.4) is 0 Å². The maximum absolute atomic E-state index is 14.2. The fourth-order valence-electron chi connectivity index (χ4n) is 5.77. The van der Waals surface area contributed by atoms with Crippen molar-refractivity contribution in [1.82, 2.24) is 29.9 Å². The Balaban J connectivity index is 0.000000244. The molecule has 2 aromatic carbocycles. The van der Waals surface area contributed by atoms with E-state index in [9.17, 15) is 66.5 Å². The number of nitro groups is 3. The zero-order valence-corrected chi connectivity index (χ0v) is 41.6. The zero-order valence-electron chi connectivity index (χ0n) is 35.3. The third kappa shape index (κ3) is 12.9. The van der Waals surface area contributed by atoms with Gasteiger partial charge in [-0.05, 0) is 50.0 Å². The Morgan fingerprint density at radius 3 is 1.43 bits per heavy atom. The lowest BCUT2D eigenvalue weighted by molar-refractivity contribution is -0.386. The number of ether oxygens (including phenoxy) is 1. The molecule has 0 N–H and O–H groups in total. The molecular weight excluding hydrogens is 1080 g/mol. The van der Waals surface area contributed by atoms with Crippen LogP contribution < -0.4 is 4.90 Å². The number of sulfone groups is 2. The van der Waals surface area contributed by atoms with Gasteiger partial charge in [0.15, 0.2) is 26.9 Å². The van der Waals surface area contributed by atoms with E-state index in [0.29, 0.717) is 11.8 Å². The van der Waals surface area contributed by atoms with Crippen molar-refractivity contribution in [2.75, 3.05) is 43.4 Å². The fourth-order valence-corrected chi connectivity index (χ4v) is 10.7. The number of hydrogen-bond donors (Lipinski definition) is 0. The van der Waals surface area contributed by atoms with Crippen LogP contribution in [0.15, 0.2) is 73.8 Å². The van der Waals surface area contributed by atoms with Crippen molar-refractivity contribution in [1.29, 1.82) is 10.5 Å². The topological polar surface area (TPSA) is 335 Å². The summed E-state index contributed by atoms with van der Waals surface area (Å²) < 4.78 is 85.2. The van der Waals surface area contributed by atoms with Gasteiger partial charge in [0.1, 0.15) is 21.4 Å². The average molecular weight is 1110 g/mol. The normalized spacial score (nSPS) is 14.4. The van der Waals surface area contributed by atoms with Crippen molar-refractivity contribution >= 4 is 113 Å². The fraction of sp³-hybridized carbons (Fsp3) is 0.278. The Labute approximate surface area is 417 Å². The molecule has 5 aromatic rings. The largest absolute Gasteiger partial charge is 0.375 e. The SMILES string of the molecule is CSc1nc(C(C#N)S(=O)(=O)c2ccccc2F)c([N+](=O)[O-])c(N2CCOC(C)C2)n1.CSc1nc(Cl)c([N+](=O)[O-])c(C(C#N)S(=O)(=O)c2ccccc2F)n1.CSc1nc(Cl)c([N+](=O)[O-])c(Cl)n1. The molecule has 6 rings (SSSR count). The molecule has 0 spiro atoms. The number of thioether (sulfide) groups is 3. The van der Waals surface area contributed by atoms with E-state index >= 15 is 0 Å². The number of benzene rings is 2. The molecule has 3 unspecified atom stereocenters. The van der Waals surface area contributed by atoms with Gasteiger partial charge in [-0.1, -0.05) is 94.4 Å². The molecule has 0 saturated carbocycles. The Morgan fingerprint density at radius 1 is 0.681 bits per heavy atom. The first kappa shape index (κ1) is 55.9. The first-order valence-corrected chi connectivity index (χ1v) is 26.3. The molecule has 0 aliphatic carbocycles. The quantitative estimate of drug-likeness (QED) is 0.0356. The van der Waals surface area contributed by atoms with E-state index in [1.165, 1.54) is 48.4 Å². The summed E-state index contributed by atoms with van der Waals surface area (Å²) in [5.74, 6) is -2.25. The standard InChI is InChI=1S/C18H18FN5O5S2.C13H8ClFN4O4S2.C5H3Cl2N3O2S/c1-11-10-23(7-8-29-11)17-16(24(25)26)15(21-18(22-17)30-2)14(9-20)31(27,28)13-6-4-3-5-12(13)19;1-24-13-17-10(11(19(20)21)12(14)18-13)9(6-16)25(22,23)8-5-3-2-4-7(8)15;1-13-5-8-3(6)2(10(11)12)4(7)9-5/h3-6,11,14H,7-8,10H2,1-2H3;2-5,9H,1H3;1H3. The Morgan fingerprint density at radius 2 is 1.06 bits per heavy atom. The molecule has 1 aliphatic heterocycles. The molecule has 1 saturated heterocycles. The molecule has 1 fully saturated rings. The van der Waals surface area contributed by atoms with Gasteiger partial charge in [-0.3, -0.25) is 30.3 Å². The predicted octanol–water partition coefficient (Wildman–Crippen LogP) is 7.86. The van der Waals surface area contributed by atoms with E-state index in [1.54, 1.807) is 30.4 Å². The minimum absolute atomic E-state index is 0.0544. The number of morpholine rings is 1. The molecule has 23 nitrogen and oxygen atoms in total. The summed E-state index contributed by atoms with van der Waals surface area (Å²) >= 11 is 20.0. The van der Waals surface area contributed by atoms with E-state index in [-0.39, 0.29) is 45.6 Å². The van der Waals surface area contributed by atoms with Crippen molar-refractivity contribution in [3.8, 4) is 12.1 Å². The summed E-state index contributed by atoms with van der Waals surface area (Å²) in [6, 6.07) is 11.9. The van der Waals surface area contributed by atoms with E-state index in [1.807, 2.05) is 0 Å². The maximum atomic E-state index is 14.2. The van der Waals surface area contributed by atoms with Crippen LogP contribution in [-0.4, -0.2) is 106 Å². The van der Waals surface area contributed by atoms with Crippen molar-refractivity contribution in [2.45, 2.75) is 48.8 Å². The van der Waals surface area contributed by atoms with E-state index < -0.39 is 100.0 Å². The number of anilines is 1. The predicted molar refractivity (Wildman–Crippen MR) is 248 cm³/mol. The van der Waals surface area contributed by atoms with Crippen molar-refractivity contribution in [2.24, 2.45) is 0 Å². The highest BCUT2D eigenvalue weighted by Crippen LogP contribution is 2.41. The highest BCUT2D eigenvalue weighted by molar-refractivity contribution is 7.98. The number of hydrogen-bond acceptors (Lipinski definition) is 23. The number of aromatic nitrogens is 6. The molecular formula is C36H29Cl3F2N12O11S5. The van der Waals surface area contributed by atoms with Crippen molar-refractivity contribution in [3.05, 3.63) is 117 Å². The monoisotopic (exact) mass is 1110 g/mol. The number of nitriles is 2. The van der Waals surface area contributed by atoms with Gasteiger partial charge in [0.25, 0.3) is 0 Å². The molecule has 33 heteroatoms. The molecule has 4 heterocycles. The van der Waals surface area contributed by atoms with Crippen molar-refractivity contribution in [3.63, 3.8) is 0 Å². The van der Waals surface area contributed by atoms with E-state index in [2.05, 4.69) is 29.9 Å². The Hall–Kier alpha value is -5.70. The average Bonchev–Trinajstić information content (AvgIpc) is 3.28. The lowest BCUT2D eigenvalue weighted by Gasteiger charge is -2.32. The summed E-state index contributed by atoms with van der Waals surface area (Å²) in [6.45, 7) is 2.65. The summed E-state index contributed by atoms with van der Waals surface area (Å²) in [5.41, 5.74) is -3.37. The second-order valence-electron chi connectivity index (χ2n) is 13.0. The van der Waals surface area contributed by atoms with Crippen LogP contribution in [-0.2, 0) is 24.4 Å². The van der Waals surface area contributed by atoms with Crippen LogP contribution in [0.4, 0.5) is 31.7 Å². The third-order valence-corrected chi connectivity index (χ3v) is 15.0. The van der Waals surface area contributed by atoms with Crippen LogP contribution >= 0.6 is 70.1 Å². The van der Waals surface area contributed by atoms with Crippen LogP contribution in [0.5, 0.6) is 0 Å². The smallest absolute Gasteiger partial charge is 0.343 e. The molecule has 3 atom stereocenters. The molecule has 0 radical (unpaired) electrons. The molecule has 3 aromatic heterocycles. The van der Waals surface area contributed by atoms with Gasteiger partial charge < -0.3 is 9.64 Å². The Bertz CT molecular complexity index is 3100. The molecule has 69 heavy (non-hydrogen) atoms. The van der Waals surface area contributed by atoms with E-state index in [0.717, 1.165) is 47.8 Å². The molecule has 364 valence electrons. The second kappa shape index (κ2) is 24.2. The lowest BCUT2D eigenvalue weighted by atomic mass is 10.2. The highest BCUT2D eigenvalue weighted by Gasteiger charge is 2.42. The second-order valence-corrected chi connectivity index (χ2v) is 20.4. The van der Waals surface area contributed by atoms with Crippen LogP contribution in [0, 0.1) is 64.6 Å². The highest BCUT2D eigenvalue weighted by atomic mass is 35.5. The minimum Gasteiger partial charge on any atom is -0.375 e. The first-order valence-electron chi connectivity index (χ1n) is 18.4. The van der Waals surface area contributed by atoms with Gasteiger partial charge in [-0.25, -0.2) is 50.5 Å². The van der Waals surface area contributed by atoms with Gasteiger partial charge in [0.05, 0.1) is 39.6 Å². The van der Waals surface area contributed by atoms with E-state index in [4.69, 9.17) is 39.5 Å². The summed E-state index contributed by atoms with van der Waals surface area (Å²) in [7, 11) is -9.29. The maximum Gasteiger partial charge on any atom is 0.343 e. The van der Waals surface area contributed by atoms with Crippen LogP contribution in [0.1, 0.15) is 28.8 Å². The summed E-state index contributed by atoms with van der Waals surface area (Å²) in [5, 5.41) is 47.7. The number of rotatable bonds is 13. The first-order chi connectivity index (χ1) is 32.5. The van der Waals surface area contributed by atoms with Gasteiger partial charge in [-0.15, -0.1) is 0 Å². The Kier molecular flexibility index (Phi) is 19.6. The zero-order chi connectivity index (χ0) is 51.5. The molecule has 0 amide bonds.